The minimum Gasteiger partial charge on any atom is -0.396 e. The van der Waals surface area contributed by atoms with E-state index in [4.69, 9.17) is 174 Å². The highest BCUT2D eigenvalue weighted by molar-refractivity contribution is 6.77. The molecule has 0 aliphatic heterocycles. The van der Waals surface area contributed by atoms with Gasteiger partial charge in [-0.25, -0.2) is 0 Å². The number of alkyl halides is 15. The van der Waals surface area contributed by atoms with Crippen LogP contribution in [0.2, 0.25) is 0 Å². The predicted molar refractivity (Wildman–Crippen MR) is 138 cm³/mol. The molecule has 0 fully saturated rings. The summed E-state index contributed by atoms with van der Waals surface area (Å²) in [4.78, 5) is 0. The zero-order valence-electron chi connectivity index (χ0n) is 13.7. The maximum absolute atomic E-state index is 9.58. The van der Waals surface area contributed by atoms with E-state index in [0.717, 1.165) is 0 Å². The van der Waals surface area contributed by atoms with Gasteiger partial charge in [-0.15, -0.1) is 0 Å². The number of aliphatic hydroxyl groups excluding tert-OH is 1. The molecule has 174 valence electrons. The van der Waals surface area contributed by atoms with Gasteiger partial charge in [0.05, 0.1) is 0 Å². The first-order chi connectivity index (χ1) is 13.0. The van der Waals surface area contributed by atoms with Crippen molar-refractivity contribution >= 4 is 174 Å². The molecule has 0 radical (unpaired) electrons. The highest BCUT2D eigenvalue weighted by Crippen LogP contribution is 2.60. The molecule has 30 heavy (non-hydrogen) atoms. The van der Waals surface area contributed by atoms with Crippen LogP contribution in [0.15, 0.2) is 12.1 Å². The van der Waals surface area contributed by atoms with E-state index in [0.29, 0.717) is 0 Å². The third-order valence-electron chi connectivity index (χ3n) is 3.72. The molecule has 0 bridgehead atoms. The van der Waals surface area contributed by atoms with Gasteiger partial charge in [-0.05, 0) is 40.8 Å². The smallest absolute Gasteiger partial charge is 0.227 e. The van der Waals surface area contributed by atoms with Gasteiger partial charge < -0.3 is 5.11 Å². The largest absolute Gasteiger partial charge is 0.396 e. The van der Waals surface area contributed by atoms with E-state index in [1.54, 1.807) is 0 Å². The first kappa shape index (κ1) is 31.6. The van der Waals surface area contributed by atoms with E-state index in [1.807, 2.05) is 0 Å². The summed E-state index contributed by atoms with van der Waals surface area (Å²) in [6, 6.07) is 2.39. The van der Waals surface area contributed by atoms with Gasteiger partial charge in [0.25, 0.3) is 0 Å². The molecule has 0 aliphatic carbocycles. The lowest BCUT2D eigenvalue weighted by atomic mass is 9.90. The Hall–Kier alpha value is 3.53. The van der Waals surface area contributed by atoms with Crippen molar-refractivity contribution in [1.82, 2.24) is 0 Å². The molecule has 0 amide bonds. The number of aliphatic hydroxyl groups is 1. The van der Waals surface area contributed by atoms with Crippen molar-refractivity contribution < 1.29 is 5.11 Å². The van der Waals surface area contributed by atoms with Gasteiger partial charge in [-0.1, -0.05) is 174 Å². The molecule has 0 saturated heterocycles. The van der Waals surface area contributed by atoms with Crippen LogP contribution in [0.4, 0.5) is 0 Å². The summed E-state index contributed by atoms with van der Waals surface area (Å²) in [6.45, 7) is -0.454. The zero-order chi connectivity index (χ0) is 24.1. The molecule has 16 heteroatoms. The molecular formula is C14H7Cl15O. The van der Waals surface area contributed by atoms with Crippen LogP contribution in [0.5, 0.6) is 0 Å². The molecule has 0 aromatic heterocycles. The lowest BCUT2D eigenvalue weighted by Crippen LogP contribution is -2.36. The molecule has 0 spiro atoms. The van der Waals surface area contributed by atoms with Gasteiger partial charge >= 0.3 is 0 Å². The third kappa shape index (κ3) is 6.44. The van der Waals surface area contributed by atoms with Gasteiger partial charge in [0.15, 0.2) is 13.0 Å². The quantitative estimate of drug-likeness (QED) is 0.300. The fourth-order valence-corrected chi connectivity index (χ4v) is 4.09. The fraction of sp³-hybridized carbons (Fsp3) is 0.571. The summed E-state index contributed by atoms with van der Waals surface area (Å²) in [5, 5.41) is 9.58. The van der Waals surface area contributed by atoms with Crippen molar-refractivity contribution in [3.63, 3.8) is 0 Å². The van der Waals surface area contributed by atoms with Crippen LogP contribution in [0, 0.1) is 0 Å². The second-order valence-electron chi connectivity index (χ2n) is 5.74. The van der Waals surface area contributed by atoms with E-state index in [2.05, 4.69) is 0 Å². The van der Waals surface area contributed by atoms with E-state index >= 15 is 0 Å². The molecule has 0 atom stereocenters. The highest BCUT2D eigenvalue weighted by atomic mass is 35.6. The first-order valence-electron chi connectivity index (χ1n) is 7.16. The standard InChI is InChI=1S/C14H7Cl15O/c15-9(16,12(21,22)23)5-3-7(10(17,18)13(24,25)26)6(1-2-30)8(4-5)11(19,20)14(27,28)29/h3-4,30H,1-2H2. The van der Waals surface area contributed by atoms with Crippen LogP contribution in [-0.2, 0) is 19.4 Å². The normalized spacial score (nSPS) is 14.9. The topological polar surface area (TPSA) is 20.2 Å². The Morgan fingerprint density at radius 3 is 1.07 bits per heavy atom. The lowest BCUT2D eigenvalue weighted by molar-refractivity contribution is 0.298. The summed E-state index contributed by atoms with van der Waals surface area (Å²) in [5.74, 6) is 0. The summed E-state index contributed by atoms with van der Waals surface area (Å²) in [5.41, 5.74) is -0.362. The SMILES string of the molecule is OCCc1c(C(Cl)(Cl)C(Cl)(Cl)Cl)cc(C(Cl)(Cl)C(Cl)(Cl)Cl)cc1C(Cl)(Cl)C(Cl)(Cl)Cl. The second kappa shape index (κ2) is 10.5. The Kier molecular flexibility index (Phi) is 11.0. The molecule has 1 aromatic carbocycles. The number of hydrogen-bond acceptors (Lipinski definition) is 1. The summed E-state index contributed by atoms with van der Waals surface area (Å²) in [6.07, 6.45) is -0.167. The molecule has 0 saturated carbocycles. The number of hydrogen-bond donors (Lipinski definition) is 1. The van der Waals surface area contributed by atoms with E-state index in [1.165, 1.54) is 12.1 Å². The molecule has 0 unspecified atom stereocenters. The average molecular weight is 723 g/mol. The van der Waals surface area contributed by atoms with E-state index < -0.39 is 31.0 Å². The van der Waals surface area contributed by atoms with Crippen LogP contribution in [0.3, 0.4) is 0 Å². The highest BCUT2D eigenvalue weighted by Gasteiger charge is 2.55. The van der Waals surface area contributed by atoms with Gasteiger partial charge in [0.1, 0.15) is 0 Å². The average Bonchev–Trinajstić information content (AvgIpc) is 2.51. The van der Waals surface area contributed by atoms with Gasteiger partial charge in [-0.3, -0.25) is 0 Å². The summed E-state index contributed by atoms with van der Waals surface area (Å²) in [7, 11) is 0. The van der Waals surface area contributed by atoms with E-state index in [-0.39, 0.29) is 28.7 Å². The molecular weight excluding hydrogens is 716 g/mol. The second-order valence-corrected chi connectivity index (χ2v) is 16.6. The number of benzene rings is 1. The number of halogens is 15. The Morgan fingerprint density at radius 2 is 0.833 bits per heavy atom. The summed E-state index contributed by atoms with van der Waals surface area (Å²) < 4.78 is -13.7. The number of rotatable bonds is 5. The molecule has 0 aliphatic rings. The van der Waals surface area contributed by atoms with E-state index in [9.17, 15) is 5.11 Å². The fourth-order valence-electron chi connectivity index (χ4n) is 2.26. The van der Waals surface area contributed by atoms with Gasteiger partial charge in [0.2, 0.25) is 11.4 Å². The first-order valence-corrected chi connectivity index (χ1v) is 12.8. The molecule has 1 N–H and O–H groups in total. The molecule has 1 rings (SSSR count). The van der Waals surface area contributed by atoms with Gasteiger partial charge in [0, 0.05) is 6.61 Å². The maximum atomic E-state index is 9.58. The van der Waals surface area contributed by atoms with Crippen LogP contribution in [-0.4, -0.2) is 23.1 Å². The summed E-state index contributed by atoms with van der Waals surface area (Å²) >= 11 is 91.6. The molecule has 0 heterocycles. The van der Waals surface area contributed by atoms with Crippen molar-refractivity contribution in [1.29, 1.82) is 0 Å². The molecule has 1 nitrogen and oxygen atoms in total. The zero-order valence-corrected chi connectivity index (χ0v) is 25.0. The van der Waals surface area contributed by atoms with Crippen molar-refractivity contribution in [2.75, 3.05) is 6.61 Å². The predicted octanol–water partition coefficient (Wildman–Crippen LogP) is 10.2. The van der Waals surface area contributed by atoms with Crippen molar-refractivity contribution in [3.05, 3.63) is 34.4 Å². The van der Waals surface area contributed by atoms with Crippen LogP contribution < -0.4 is 0 Å². The third-order valence-corrected chi connectivity index (χ3v) is 11.0. The van der Waals surface area contributed by atoms with Crippen LogP contribution in [0.25, 0.3) is 0 Å². The van der Waals surface area contributed by atoms with Crippen LogP contribution in [0.1, 0.15) is 22.3 Å². The minimum absolute atomic E-state index is 0.0716. The van der Waals surface area contributed by atoms with Gasteiger partial charge in [-0.2, -0.15) is 0 Å². The lowest BCUT2D eigenvalue weighted by Gasteiger charge is -2.37. The van der Waals surface area contributed by atoms with Crippen LogP contribution >= 0.6 is 174 Å². The Morgan fingerprint density at radius 1 is 0.533 bits per heavy atom. The maximum Gasteiger partial charge on any atom is 0.227 e. The van der Waals surface area contributed by atoms with Crippen molar-refractivity contribution in [3.8, 4) is 0 Å². The Labute approximate surface area is 248 Å². The Bertz CT molecular complexity index is 722. The van der Waals surface area contributed by atoms with Crippen molar-refractivity contribution in [2.45, 2.75) is 30.8 Å². The van der Waals surface area contributed by atoms with Crippen molar-refractivity contribution in [2.24, 2.45) is 0 Å². The monoisotopic (exact) mass is 716 g/mol. The Balaban J connectivity index is 4.20. The minimum atomic E-state index is -2.32. The molecule has 1 aromatic rings.